The maximum Gasteiger partial charge on any atom is 0.191 e. The van der Waals surface area contributed by atoms with Gasteiger partial charge < -0.3 is 9.67 Å². The molecule has 2 aromatic heterocycles. The Kier molecular flexibility index (Phi) is 4.19. The Bertz CT molecular complexity index is 497. The van der Waals surface area contributed by atoms with E-state index in [4.69, 9.17) is 5.11 Å². The van der Waals surface area contributed by atoms with Crippen LogP contribution >= 0.6 is 27.7 Å². The number of aliphatic hydroxyl groups excluding tert-OH is 1. The Balaban J connectivity index is 1.87. The average molecular weight is 318 g/mol. The SMILES string of the molecule is Cn1c(CO)nnc1SCCn1cc(Br)cn1. The number of rotatable bonds is 5. The molecule has 0 atom stereocenters. The van der Waals surface area contributed by atoms with E-state index in [0.29, 0.717) is 5.82 Å². The first-order valence-electron chi connectivity index (χ1n) is 5.00. The number of hydrogen-bond acceptors (Lipinski definition) is 5. The molecule has 1 N–H and O–H groups in total. The minimum absolute atomic E-state index is 0.0871. The van der Waals surface area contributed by atoms with E-state index in [2.05, 4.69) is 31.2 Å². The van der Waals surface area contributed by atoms with Gasteiger partial charge in [0.05, 0.1) is 17.2 Å². The number of aromatic nitrogens is 5. The summed E-state index contributed by atoms with van der Waals surface area (Å²) in [5.41, 5.74) is 0. The Morgan fingerprint density at radius 3 is 2.88 bits per heavy atom. The summed E-state index contributed by atoms with van der Waals surface area (Å²) in [5, 5.41) is 21.8. The molecule has 0 radical (unpaired) electrons. The van der Waals surface area contributed by atoms with Crippen molar-refractivity contribution < 1.29 is 5.11 Å². The summed E-state index contributed by atoms with van der Waals surface area (Å²) >= 11 is 4.94. The van der Waals surface area contributed by atoms with E-state index in [0.717, 1.165) is 21.9 Å². The van der Waals surface area contributed by atoms with Crippen molar-refractivity contribution in [1.29, 1.82) is 0 Å². The molecule has 2 rings (SSSR count). The minimum atomic E-state index is -0.0871. The van der Waals surface area contributed by atoms with E-state index >= 15 is 0 Å². The van der Waals surface area contributed by atoms with Gasteiger partial charge in [0.1, 0.15) is 6.61 Å². The lowest BCUT2D eigenvalue weighted by atomic mass is 10.6. The molecule has 0 unspecified atom stereocenters. The molecular formula is C9H12BrN5OS. The molecule has 0 spiro atoms. The number of aryl methyl sites for hydroxylation is 1. The lowest BCUT2D eigenvalue weighted by Crippen LogP contribution is -2.02. The van der Waals surface area contributed by atoms with Crippen molar-refractivity contribution in [2.75, 3.05) is 5.75 Å². The van der Waals surface area contributed by atoms with E-state index in [1.807, 2.05) is 17.9 Å². The van der Waals surface area contributed by atoms with Gasteiger partial charge >= 0.3 is 0 Å². The highest BCUT2D eigenvalue weighted by Gasteiger charge is 2.07. The monoisotopic (exact) mass is 317 g/mol. The van der Waals surface area contributed by atoms with E-state index in [1.54, 1.807) is 22.5 Å². The number of aliphatic hydroxyl groups is 1. The van der Waals surface area contributed by atoms with Crippen LogP contribution in [0.15, 0.2) is 22.0 Å². The van der Waals surface area contributed by atoms with Gasteiger partial charge in [0.25, 0.3) is 0 Å². The summed E-state index contributed by atoms with van der Waals surface area (Å²) in [7, 11) is 1.85. The van der Waals surface area contributed by atoms with Gasteiger partial charge in [-0.2, -0.15) is 5.10 Å². The molecule has 2 aromatic rings. The Morgan fingerprint density at radius 1 is 1.47 bits per heavy atom. The molecule has 17 heavy (non-hydrogen) atoms. The average Bonchev–Trinajstić information content (AvgIpc) is 2.87. The maximum absolute atomic E-state index is 8.99. The third-order valence-corrected chi connectivity index (χ3v) is 3.63. The van der Waals surface area contributed by atoms with Gasteiger partial charge in [-0.1, -0.05) is 11.8 Å². The van der Waals surface area contributed by atoms with Crippen LogP contribution in [0.1, 0.15) is 5.82 Å². The second-order valence-corrected chi connectivity index (χ2v) is 5.36. The highest BCUT2D eigenvalue weighted by molar-refractivity contribution is 9.10. The summed E-state index contributed by atoms with van der Waals surface area (Å²) < 4.78 is 4.63. The number of nitrogens with zero attached hydrogens (tertiary/aromatic N) is 5. The minimum Gasteiger partial charge on any atom is -0.388 e. The first-order valence-corrected chi connectivity index (χ1v) is 6.78. The third-order valence-electron chi connectivity index (χ3n) is 2.22. The van der Waals surface area contributed by atoms with Crippen molar-refractivity contribution in [2.45, 2.75) is 18.3 Å². The predicted octanol–water partition coefficient (Wildman–Crippen LogP) is 1.06. The molecule has 2 heterocycles. The van der Waals surface area contributed by atoms with Crippen LogP contribution in [0.25, 0.3) is 0 Å². The zero-order chi connectivity index (χ0) is 12.3. The van der Waals surface area contributed by atoms with Gasteiger partial charge in [-0.05, 0) is 15.9 Å². The Labute approximate surface area is 111 Å². The van der Waals surface area contributed by atoms with Crippen LogP contribution in [-0.4, -0.2) is 35.4 Å². The fraction of sp³-hybridized carbons (Fsp3) is 0.444. The lowest BCUT2D eigenvalue weighted by molar-refractivity contribution is 0.266. The van der Waals surface area contributed by atoms with Crippen LogP contribution in [0.2, 0.25) is 0 Å². The summed E-state index contributed by atoms with van der Waals surface area (Å²) in [6.45, 7) is 0.716. The van der Waals surface area contributed by atoms with Crippen molar-refractivity contribution in [2.24, 2.45) is 7.05 Å². The van der Waals surface area contributed by atoms with Gasteiger partial charge in [0.2, 0.25) is 0 Å². The van der Waals surface area contributed by atoms with Crippen LogP contribution in [0.5, 0.6) is 0 Å². The standard InChI is InChI=1S/C9H12BrN5OS/c1-14-8(6-16)12-13-9(14)17-3-2-15-5-7(10)4-11-15/h4-5,16H,2-3,6H2,1H3. The predicted molar refractivity (Wildman–Crippen MR) is 67.6 cm³/mol. The van der Waals surface area contributed by atoms with Gasteiger partial charge in [-0.25, -0.2) is 0 Å². The highest BCUT2D eigenvalue weighted by Crippen LogP contribution is 2.16. The molecule has 0 aromatic carbocycles. The maximum atomic E-state index is 8.99. The van der Waals surface area contributed by atoms with Crippen molar-refractivity contribution in [3.8, 4) is 0 Å². The second-order valence-electron chi connectivity index (χ2n) is 3.39. The number of hydrogen-bond donors (Lipinski definition) is 1. The molecule has 0 aliphatic rings. The molecule has 6 nitrogen and oxygen atoms in total. The molecule has 8 heteroatoms. The van der Waals surface area contributed by atoms with Crippen molar-refractivity contribution in [1.82, 2.24) is 24.5 Å². The summed E-state index contributed by atoms with van der Waals surface area (Å²) in [6, 6.07) is 0. The Morgan fingerprint density at radius 2 is 2.29 bits per heavy atom. The van der Waals surface area contributed by atoms with E-state index in [1.165, 1.54) is 0 Å². The van der Waals surface area contributed by atoms with Crippen molar-refractivity contribution >= 4 is 27.7 Å². The van der Waals surface area contributed by atoms with Crippen LogP contribution < -0.4 is 0 Å². The van der Waals surface area contributed by atoms with Crippen LogP contribution in [0.3, 0.4) is 0 Å². The first kappa shape index (κ1) is 12.6. The zero-order valence-corrected chi connectivity index (χ0v) is 11.6. The molecule has 0 bridgehead atoms. The first-order chi connectivity index (χ1) is 8.20. The summed E-state index contributed by atoms with van der Waals surface area (Å²) in [6.07, 6.45) is 3.69. The lowest BCUT2D eigenvalue weighted by Gasteiger charge is -2.02. The Hall–Kier alpha value is -0.860. The fourth-order valence-electron chi connectivity index (χ4n) is 1.30. The molecule has 0 aliphatic carbocycles. The zero-order valence-electron chi connectivity index (χ0n) is 9.25. The van der Waals surface area contributed by atoms with Crippen molar-refractivity contribution in [3.63, 3.8) is 0 Å². The molecule has 0 amide bonds. The van der Waals surface area contributed by atoms with Crippen LogP contribution in [-0.2, 0) is 20.2 Å². The van der Waals surface area contributed by atoms with Crippen molar-refractivity contribution in [3.05, 3.63) is 22.7 Å². The van der Waals surface area contributed by atoms with Crippen LogP contribution in [0.4, 0.5) is 0 Å². The second kappa shape index (κ2) is 5.65. The molecule has 92 valence electrons. The molecule has 0 fully saturated rings. The largest absolute Gasteiger partial charge is 0.388 e. The number of halogens is 1. The topological polar surface area (TPSA) is 68.8 Å². The summed E-state index contributed by atoms with van der Waals surface area (Å²) in [5.74, 6) is 1.43. The van der Waals surface area contributed by atoms with Gasteiger partial charge in [0, 0.05) is 19.0 Å². The van der Waals surface area contributed by atoms with Gasteiger partial charge in [0.15, 0.2) is 11.0 Å². The fourth-order valence-corrected chi connectivity index (χ4v) is 2.49. The van der Waals surface area contributed by atoms with E-state index in [-0.39, 0.29) is 6.61 Å². The quantitative estimate of drug-likeness (QED) is 0.835. The molecular weight excluding hydrogens is 306 g/mol. The van der Waals surface area contributed by atoms with Gasteiger partial charge in [-0.3, -0.25) is 4.68 Å². The van der Waals surface area contributed by atoms with Crippen LogP contribution in [0, 0.1) is 0 Å². The van der Waals surface area contributed by atoms with E-state index < -0.39 is 0 Å². The smallest absolute Gasteiger partial charge is 0.191 e. The summed E-state index contributed by atoms with van der Waals surface area (Å²) in [4.78, 5) is 0. The normalized spacial score (nSPS) is 11.0. The van der Waals surface area contributed by atoms with E-state index in [9.17, 15) is 0 Å². The van der Waals surface area contributed by atoms with Gasteiger partial charge in [-0.15, -0.1) is 10.2 Å². The third kappa shape index (κ3) is 3.08. The molecule has 0 aliphatic heterocycles. The highest BCUT2D eigenvalue weighted by atomic mass is 79.9. The number of thioether (sulfide) groups is 1. The molecule has 0 saturated carbocycles. The molecule has 0 saturated heterocycles.